The van der Waals surface area contributed by atoms with Crippen LogP contribution in [0.4, 0.5) is 0 Å². The number of hydrogen-bond donors (Lipinski definition) is 2. The Bertz CT molecular complexity index is 245. The fourth-order valence-corrected chi connectivity index (χ4v) is 1.34. The van der Waals surface area contributed by atoms with Crippen molar-refractivity contribution in [2.45, 2.75) is 33.7 Å². The van der Waals surface area contributed by atoms with E-state index < -0.39 is 5.97 Å². The largest absolute Gasteiger partial charge is 0.480 e. The SMILES string of the molecule is CC(C)CN(CC(=O)NCC(=O)O)C(C)C.Cl. The van der Waals surface area contributed by atoms with E-state index in [9.17, 15) is 9.59 Å². The van der Waals surface area contributed by atoms with Crippen LogP contribution in [0.25, 0.3) is 0 Å². The molecule has 5 nitrogen and oxygen atoms in total. The number of carboxylic acid groups (broad SMARTS) is 1. The second-order valence-electron chi connectivity index (χ2n) is 4.59. The van der Waals surface area contributed by atoms with Crippen LogP contribution in [0.2, 0.25) is 0 Å². The summed E-state index contributed by atoms with van der Waals surface area (Å²) >= 11 is 0. The minimum absolute atomic E-state index is 0. The Kier molecular flexibility index (Phi) is 10.1. The predicted molar refractivity (Wildman–Crippen MR) is 69.4 cm³/mol. The Balaban J connectivity index is 0. The molecule has 0 spiro atoms. The first-order valence-electron chi connectivity index (χ1n) is 5.55. The van der Waals surface area contributed by atoms with Gasteiger partial charge < -0.3 is 10.4 Å². The molecule has 0 atom stereocenters. The molecule has 0 heterocycles. The van der Waals surface area contributed by atoms with E-state index in [1.54, 1.807) is 0 Å². The van der Waals surface area contributed by atoms with E-state index in [0.29, 0.717) is 5.92 Å². The lowest BCUT2D eigenvalue weighted by atomic mass is 10.2. The zero-order valence-electron chi connectivity index (χ0n) is 10.9. The summed E-state index contributed by atoms with van der Waals surface area (Å²) in [6.07, 6.45) is 0. The first-order chi connectivity index (χ1) is 7.32. The number of amides is 1. The maximum Gasteiger partial charge on any atom is 0.322 e. The molecule has 17 heavy (non-hydrogen) atoms. The summed E-state index contributed by atoms with van der Waals surface area (Å²) in [5, 5.41) is 10.8. The summed E-state index contributed by atoms with van der Waals surface area (Å²) in [6, 6.07) is 0.276. The fourth-order valence-electron chi connectivity index (χ4n) is 1.34. The van der Waals surface area contributed by atoms with Gasteiger partial charge in [0.1, 0.15) is 6.54 Å². The molecule has 0 saturated heterocycles. The third kappa shape index (κ3) is 10.1. The van der Waals surface area contributed by atoms with Gasteiger partial charge in [-0.1, -0.05) is 13.8 Å². The van der Waals surface area contributed by atoms with Crippen LogP contribution in [0, 0.1) is 5.92 Å². The normalized spacial score (nSPS) is 10.5. The van der Waals surface area contributed by atoms with Crippen molar-refractivity contribution in [2.24, 2.45) is 5.92 Å². The van der Waals surface area contributed by atoms with Crippen LogP contribution in [0.15, 0.2) is 0 Å². The molecule has 0 radical (unpaired) electrons. The topological polar surface area (TPSA) is 69.6 Å². The van der Waals surface area contributed by atoms with Crippen molar-refractivity contribution < 1.29 is 14.7 Å². The number of halogens is 1. The van der Waals surface area contributed by atoms with Gasteiger partial charge in [-0.2, -0.15) is 0 Å². The second kappa shape index (κ2) is 9.24. The molecule has 0 rings (SSSR count). The van der Waals surface area contributed by atoms with Crippen molar-refractivity contribution in [1.29, 1.82) is 0 Å². The van der Waals surface area contributed by atoms with Gasteiger partial charge in [0, 0.05) is 12.6 Å². The minimum atomic E-state index is -1.02. The molecule has 0 aromatic rings. The van der Waals surface area contributed by atoms with Gasteiger partial charge in [-0.25, -0.2) is 0 Å². The van der Waals surface area contributed by atoms with Crippen molar-refractivity contribution in [1.82, 2.24) is 10.2 Å². The van der Waals surface area contributed by atoms with Crippen LogP contribution in [-0.2, 0) is 9.59 Å². The number of nitrogens with zero attached hydrogens (tertiary/aromatic N) is 1. The lowest BCUT2D eigenvalue weighted by molar-refractivity contribution is -0.138. The van der Waals surface area contributed by atoms with Crippen LogP contribution >= 0.6 is 12.4 Å². The fraction of sp³-hybridized carbons (Fsp3) is 0.818. The van der Waals surface area contributed by atoms with E-state index in [1.165, 1.54) is 0 Å². The number of hydrogen-bond acceptors (Lipinski definition) is 3. The number of rotatable bonds is 7. The van der Waals surface area contributed by atoms with E-state index in [1.807, 2.05) is 18.7 Å². The van der Waals surface area contributed by atoms with E-state index >= 15 is 0 Å². The van der Waals surface area contributed by atoms with Gasteiger partial charge in [0.05, 0.1) is 6.54 Å². The average molecular weight is 267 g/mol. The van der Waals surface area contributed by atoms with E-state index in [4.69, 9.17) is 5.11 Å². The Morgan fingerprint density at radius 3 is 2.12 bits per heavy atom. The average Bonchev–Trinajstić information content (AvgIpc) is 2.12. The Labute approximate surface area is 109 Å². The van der Waals surface area contributed by atoms with Crippen LogP contribution in [-0.4, -0.2) is 47.6 Å². The number of nitrogens with one attached hydrogen (secondary N) is 1. The molecule has 0 aliphatic rings. The zero-order valence-corrected chi connectivity index (χ0v) is 11.7. The molecule has 6 heteroatoms. The highest BCUT2D eigenvalue weighted by atomic mass is 35.5. The Morgan fingerprint density at radius 2 is 1.76 bits per heavy atom. The van der Waals surface area contributed by atoms with E-state index in [0.717, 1.165) is 6.54 Å². The summed E-state index contributed by atoms with van der Waals surface area (Å²) in [4.78, 5) is 23.7. The maximum absolute atomic E-state index is 11.4. The second-order valence-corrected chi connectivity index (χ2v) is 4.59. The number of carbonyl (C=O) groups is 2. The van der Waals surface area contributed by atoms with Gasteiger partial charge in [0.25, 0.3) is 0 Å². The molecular weight excluding hydrogens is 244 g/mol. The van der Waals surface area contributed by atoms with E-state index in [2.05, 4.69) is 19.2 Å². The van der Waals surface area contributed by atoms with Gasteiger partial charge in [0.2, 0.25) is 5.91 Å². The van der Waals surface area contributed by atoms with Gasteiger partial charge in [-0.05, 0) is 19.8 Å². The lowest BCUT2D eigenvalue weighted by Gasteiger charge is -2.27. The summed E-state index contributed by atoms with van der Waals surface area (Å²) < 4.78 is 0. The molecule has 102 valence electrons. The van der Waals surface area contributed by atoms with Gasteiger partial charge >= 0.3 is 5.97 Å². The molecule has 0 aromatic heterocycles. The highest BCUT2D eigenvalue weighted by Crippen LogP contribution is 2.03. The van der Waals surface area contributed by atoms with Crippen molar-refractivity contribution >= 4 is 24.3 Å². The van der Waals surface area contributed by atoms with Crippen LogP contribution in [0.3, 0.4) is 0 Å². The first-order valence-corrected chi connectivity index (χ1v) is 5.55. The van der Waals surface area contributed by atoms with E-state index in [-0.39, 0.29) is 37.4 Å². The number of aliphatic carboxylic acids is 1. The first kappa shape index (κ1) is 18.6. The van der Waals surface area contributed by atoms with Gasteiger partial charge in [-0.15, -0.1) is 12.4 Å². The Hall–Kier alpha value is -0.810. The summed E-state index contributed by atoms with van der Waals surface area (Å²) in [7, 11) is 0. The summed E-state index contributed by atoms with van der Waals surface area (Å²) in [5.74, 6) is -0.778. The maximum atomic E-state index is 11.4. The molecule has 1 amide bonds. The van der Waals surface area contributed by atoms with Crippen LogP contribution in [0.1, 0.15) is 27.7 Å². The number of carboxylic acids is 1. The standard InChI is InChI=1S/C11H22N2O3.ClH/c1-8(2)6-13(9(3)4)7-10(14)12-5-11(15)16;/h8-9H,5-7H2,1-4H3,(H,12,14)(H,15,16);1H. The molecule has 0 bridgehead atoms. The predicted octanol–water partition coefficient (Wildman–Crippen LogP) is 0.975. The lowest BCUT2D eigenvalue weighted by Crippen LogP contribution is -2.43. The highest BCUT2D eigenvalue weighted by molar-refractivity contribution is 5.85. The molecule has 0 aliphatic heterocycles. The van der Waals surface area contributed by atoms with Crippen molar-refractivity contribution in [2.75, 3.05) is 19.6 Å². The van der Waals surface area contributed by atoms with Crippen molar-refractivity contribution in [3.63, 3.8) is 0 Å². The van der Waals surface area contributed by atoms with Gasteiger partial charge in [0.15, 0.2) is 0 Å². The highest BCUT2D eigenvalue weighted by Gasteiger charge is 2.15. The molecule has 2 N–H and O–H groups in total. The summed E-state index contributed by atoms with van der Waals surface area (Å²) in [6.45, 7) is 8.99. The smallest absolute Gasteiger partial charge is 0.322 e. The molecular formula is C11H23ClN2O3. The van der Waals surface area contributed by atoms with Crippen molar-refractivity contribution in [3.8, 4) is 0 Å². The van der Waals surface area contributed by atoms with Crippen LogP contribution < -0.4 is 5.32 Å². The van der Waals surface area contributed by atoms with Gasteiger partial charge in [-0.3, -0.25) is 14.5 Å². The third-order valence-corrected chi connectivity index (χ3v) is 2.11. The quantitative estimate of drug-likeness (QED) is 0.721. The number of carbonyl (C=O) groups excluding carboxylic acids is 1. The minimum Gasteiger partial charge on any atom is -0.480 e. The molecule has 0 fully saturated rings. The molecule has 0 aromatic carbocycles. The molecule has 0 unspecified atom stereocenters. The Morgan fingerprint density at radius 1 is 1.24 bits per heavy atom. The molecule has 0 saturated carbocycles. The monoisotopic (exact) mass is 266 g/mol. The molecule has 0 aliphatic carbocycles. The van der Waals surface area contributed by atoms with Crippen molar-refractivity contribution in [3.05, 3.63) is 0 Å². The third-order valence-electron chi connectivity index (χ3n) is 2.11. The van der Waals surface area contributed by atoms with Crippen LogP contribution in [0.5, 0.6) is 0 Å². The zero-order chi connectivity index (χ0) is 12.7. The summed E-state index contributed by atoms with van der Waals surface area (Å²) in [5.41, 5.74) is 0.